The van der Waals surface area contributed by atoms with Crippen molar-refractivity contribution in [3.05, 3.63) is 75.9 Å². The van der Waals surface area contributed by atoms with Crippen LogP contribution in [0, 0.1) is 33.6 Å². The molecule has 1 N–H and O–H groups in total. The number of rotatable bonds is 9. The van der Waals surface area contributed by atoms with Gasteiger partial charge >= 0.3 is 5.97 Å². The predicted octanol–water partition coefficient (Wildman–Crippen LogP) is 3.93. The summed E-state index contributed by atoms with van der Waals surface area (Å²) in [5.41, 5.74) is 7.55. The van der Waals surface area contributed by atoms with E-state index in [0.29, 0.717) is 28.4 Å². The molecule has 180 valence electrons. The van der Waals surface area contributed by atoms with E-state index in [0.717, 1.165) is 23.5 Å². The van der Waals surface area contributed by atoms with E-state index >= 15 is 0 Å². The number of carbonyl (C=O) groups excluding carboxylic acids is 3. The maximum atomic E-state index is 12.8. The molecule has 0 spiro atoms. The van der Waals surface area contributed by atoms with Crippen LogP contribution in [0.1, 0.15) is 62.9 Å². The fourth-order valence-corrected chi connectivity index (χ4v) is 3.91. The van der Waals surface area contributed by atoms with E-state index in [9.17, 15) is 14.4 Å². The Morgan fingerprint density at radius 2 is 1.71 bits per heavy atom. The van der Waals surface area contributed by atoms with Crippen molar-refractivity contribution in [3.8, 4) is 0 Å². The molecule has 3 rings (SSSR count). The minimum absolute atomic E-state index is 0.0647. The number of ether oxygens (including phenoxy) is 1. The van der Waals surface area contributed by atoms with Gasteiger partial charge in [-0.25, -0.2) is 0 Å². The Bertz CT molecular complexity index is 1210. The summed E-state index contributed by atoms with van der Waals surface area (Å²) in [6, 6.07) is 10.5. The Kier molecular flexibility index (Phi) is 7.71. The van der Waals surface area contributed by atoms with Gasteiger partial charge in [-0.3, -0.25) is 29.2 Å². The van der Waals surface area contributed by atoms with Crippen LogP contribution in [0.15, 0.2) is 36.4 Å². The van der Waals surface area contributed by atoms with Gasteiger partial charge in [0.1, 0.15) is 0 Å². The van der Waals surface area contributed by atoms with Crippen LogP contribution in [0.4, 0.5) is 0 Å². The van der Waals surface area contributed by atoms with Crippen molar-refractivity contribution in [2.75, 3.05) is 12.0 Å². The van der Waals surface area contributed by atoms with Crippen molar-refractivity contribution in [1.82, 2.24) is 14.5 Å². The zero-order valence-corrected chi connectivity index (χ0v) is 20.6. The minimum atomic E-state index is -0.477. The molecule has 1 amide bonds. The number of esters is 1. The second-order valence-corrected chi connectivity index (χ2v) is 8.91. The fraction of sp³-hybridized carbons (Fsp3) is 0.385. The molecule has 34 heavy (non-hydrogen) atoms. The van der Waals surface area contributed by atoms with Gasteiger partial charge in [0.2, 0.25) is 5.78 Å². The molecular formula is C26H32N4O4. The molecule has 0 radical (unpaired) electrons. The van der Waals surface area contributed by atoms with Gasteiger partial charge in [-0.05, 0) is 51.8 Å². The summed E-state index contributed by atoms with van der Waals surface area (Å²) in [7, 11) is 0. The van der Waals surface area contributed by atoms with Gasteiger partial charge in [0.15, 0.2) is 6.61 Å². The van der Waals surface area contributed by atoms with Crippen LogP contribution in [-0.4, -0.2) is 38.7 Å². The highest BCUT2D eigenvalue weighted by Gasteiger charge is 2.21. The van der Waals surface area contributed by atoms with Crippen LogP contribution >= 0.6 is 0 Å². The number of amides is 1. The van der Waals surface area contributed by atoms with E-state index in [1.54, 1.807) is 48.9 Å². The molecule has 1 aromatic carbocycles. The number of hydrogen-bond acceptors (Lipinski definition) is 5. The third-order valence-electron chi connectivity index (χ3n) is 5.74. The summed E-state index contributed by atoms with van der Waals surface area (Å²) in [6.45, 7) is 12.0. The third kappa shape index (κ3) is 5.62. The number of aromatic nitrogens is 3. The molecule has 2 aromatic heterocycles. The van der Waals surface area contributed by atoms with E-state index in [1.807, 2.05) is 24.6 Å². The summed E-state index contributed by atoms with van der Waals surface area (Å²) in [5.74, 6) is -0.649. The Morgan fingerprint density at radius 3 is 2.35 bits per heavy atom. The Morgan fingerprint density at radius 1 is 1.03 bits per heavy atom. The molecule has 8 heteroatoms. The largest absolute Gasteiger partial charge is 0.457 e. The minimum Gasteiger partial charge on any atom is -0.457 e. The first-order valence-electron chi connectivity index (χ1n) is 11.4. The quantitative estimate of drug-likeness (QED) is 0.382. The number of ketones is 1. The number of benzene rings is 1. The highest BCUT2D eigenvalue weighted by Crippen LogP contribution is 2.17. The van der Waals surface area contributed by atoms with Gasteiger partial charge in [-0.1, -0.05) is 32.0 Å². The van der Waals surface area contributed by atoms with Crippen molar-refractivity contribution < 1.29 is 19.1 Å². The highest BCUT2D eigenvalue weighted by molar-refractivity contribution is 6.01. The zero-order chi connectivity index (χ0) is 25.0. The van der Waals surface area contributed by atoms with Crippen LogP contribution in [0.5, 0.6) is 0 Å². The van der Waals surface area contributed by atoms with E-state index in [4.69, 9.17) is 4.74 Å². The van der Waals surface area contributed by atoms with Gasteiger partial charge in [-0.15, -0.1) is 0 Å². The number of carbonyl (C=O) groups is 3. The van der Waals surface area contributed by atoms with Gasteiger partial charge in [0.05, 0.1) is 12.1 Å². The average Bonchev–Trinajstić information content (AvgIpc) is 3.22. The van der Waals surface area contributed by atoms with E-state index in [1.165, 1.54) is 0 Å². The smallest absolute Gasteiger partial charge is 0.310 e. The lowest BCUT2D eigenvalue weighted by molar-refractivity contribution is -0.141. The average molecular weight is 465 g/mol. The summed E-state index contributed by atoms with van der Waals surface area (Å²) in [5, 5.41) is 4.52. The summed E-state index contributed by atoms with van der Waals surface area (Å²) < 4.78 is 8.77. The third-order valence-corrected chi connectivity index (χ3v) is 5.74. The molecule has 0 aliphatic heterocycles. The molecule has 0 saturated carbocycles. The summed E-state index contributed by atoms with van der Waals surface area (Å²) in [6.07, 6.45) is 0.0647. The van der Waals surface area contributed by atoms with Gasteiger partial charge in [0.25, 0.3) is 5.91 Å². The number of nitrogens with one attached hydrogen (secondary N) is 1. The van der Waals surface area contributed by atoms with Gasteiger partial charge in [-0.2, -0.15) is 5.10 Å². The number of nitrogens with zero attached hydrogens (tertiary/aromatic N) is 3. The number of hydrogen-bond donors (Lipinski definition) is 1. The lowest BCUT2D eigenvalue weighted by Gasteiger charge is -2.12. The summed E-state index contributed by atoms with van der Waals surface area (Å²) in [4.78, 5) is 37.8. The van der Waals surface area contributed by atoms with Gasteiger partial charge in [0, 0.05) is 40.3 Å². The highest BCUT2D eigenvalue weighted by atomic mass is 16.5. The Hall–Kier alpha value is -3.68. The van der Waals surface area contributed by atoms with Crippen molar-refractivity contribution in [2.24, 2.45) is 5.92 Å². The van der Waals surface area contributed by atoms with Crippen LogP contribution in [0.3, 0.4) is 0 Å². The van der Waals surface area contributed by atoms with Crippen LogP contribution < -0.4 is 5.43 Å². The molecule has 0 bridgehead atoms. The van der Waals surface area contributed by atoms with E-state index < -0.39 is 5.97 Å². The lowest BCUT2D eigenvalue weighted by atomic mass is 10.1. The molecule has 0 atom stereocenters. The maximum absolute atomic E-state index is 12.8. The molecule has 2 heterocycles. The van der Waals surface area contributed by atoms with Crippen molar-refractivity contribution >= 4 is 17.7 Å². The van der Waals surface area contributed by atoms with Crippen molar-refractivity contribution in [3.63, 3.8) is 0 Å². The molecule has 0 fully saturated rings. The first-order valence-corrected chi connectivity index (χ1v) is 11.4. The fourth-order valence-electron chi connectivity index (χ4n) is 3.91. The Labute approximate surface area is 199 Å². The maximum Gasteiger partial charge on any atom is 0.310 e. The van der Waals surface area contributed by atoms with E-state index in [-0.39, 0.29) is 24.7 Å². The molecule has 8 nitrogen and oxygen atoms in total. The normalized spacial score (nSPS) is 11.0. The molecule has 3 aromatic rings. The van der Waals surface area contributed by atoms with Gasteiger partial charge < -0.3 is 4.74 Å². The molecule has 0 saturated heterocycles. The summed E-state index contributed by atoms with van der Waals surface area (Å²) >= 11 is 0. The standard InChI is InChI=1S/C26H32N4O4/c1-16(2)14-29-19(5)22(18(4)27-29)13-25(32)34-15-24(31)23-12-17(3)30(20(23)6)28-26(33)21-10-8-7-9-11-21/h7-12,16H,13-15H2,1-6H3,(H,28,33). The second-order valence-electron chi connectivity index (χ2n) is 8.91. The van der Waals surface area contributed by atoms with Crippen LogP contribution in [0.2, 0.25) is 0 Å². The van der Waals surface area contributed by atoms with Crippen LogP contribution in [-0.2, 0) is 22.5 Å². The number of aryl methyl sites for hydroxylation is 2. The van der Waals surface area contributed by atoms with Crippen LogP contribution in [0.25, 0.3) is 0 Å². The monoisotopic (exact) mass is 464 g/mol. The molecule has 0 aliphatic carbocycles. The topological polar surface area (TPSA) is 95.2 Å². The lowest BCUT2D eigenvalue weighted by Crippen LogP contribution is -2.25. The molecule has 0 unspecified atom stereocenters. The second kappa shape index (κ2) is 10.5. The first kappa shape index (κ1) is 25.0. The SMILES string of the molecule is Cc1nn(CC(C)C)c(C)c1CC(=O)OCC(=O)c1cc(C)n(NC(=O)c2ccccc2)c1C. The first-order chi connectivity index (χ1) is 16.1. The zero-order valence-electron chi connectivity index (χ0n) is 20.6. The molecular weight excluding hydrogens is 432 g/mol. The number of Topliss-reactive ketones (excluding diaryl/α,β-unsaturated/α-hetero) is 1. The van der Waals surface area contributed by atoms with Crippen molar-refractivity contribution in [1.29, 1.82) is 0 Å². The van der Waals surface area contributed by atoms with Crippen molar-refractivity contribution in [2.45, 2.75) is 54.5 Å². The Balaban J connectivity index is 1.63. The van der Waals surface area contributed by atoms with E-state index in [2.05, 4.69) is 24.4 Å². The molecule has 0 aliphatic rings. The predicted molar refractivity (Wildman–Crippen MR) is 130 cm³/mol.